The van der Waals surface area contributed by atoms with E-state index in [2.05, 4.69) is 33.1 Å². The van der Waals surface area contributed by atoms with E-state index >= 15 is 0 Å². The molecule has 3 N–H and O–H groups in total. The summed E-state index contributed by atoms with van der Waals surface area (Å²) in [6, 6.07) is 7.89. The van der Waals surface area contributed by atoms with Gasteiger partial charge in [0.2, 0.25) is 5.91 Å². The first kappa shape index (κ1) is 23.9. The van der Waals surface area contributed by atoms with E-state index in [-0.39, 0.29) is 43.0 Å². The van der Waals surface area contributed by atoms with Crippen LogP contribution in [0.4, 0.5) is 5.13 Å². The molecule has 7 nitrogen and oxygen atoms in total. The van der Waals surface area contributed by atoms with Crippen LogP contribution in [0.15, 0.2) is 40.3 Å². The molecule has 160 valence electrons. The van der Waals surface area contributed by atoms with Crippen LogP contribution >= 0.6 is 36.2 Å². The number of carbonyl (C=O) groups is 2. The Balaban J connectivity index is 0.00000160. The Labute approximate surface area is 190 Å². The Morgan fingerprint density at radius 1 is 1.20 bits per heavy atom. The number of halogens is 2. The van der Waals surface area contributed by atoms with E-state index in [0.29, 0.717) is 28.7 Å². The van der Waals surface area contributed by atoms with Crippen molar-refractivity contribution in [3.05, 3.63) is 69.6 Å². The van der Waals surface area contributed by atoms with Gasteiger partial charge in [-0.3, -0.25) is 14.9 Å². The molecule has 0 radical (unpaired) electrons. The molecule has 1 aromatic carbocycles. The van der Waals surface area contributed by atoms with Crippen LogP contribution in [0.5, 0.6) is 0 Å². The molecule has 3 heterocycles. The lowest BCUT2D eigenvalue weighted by Crippen LogP contribution is -2.24. The van der Waals surface area contributed by atoms with Crippen LogP contribution in [0.3, 0.4) is 0 Å². The van der Waals surface area contributed by atoms with Crippen molar-refractivity contribution >= 4 is 53.1 Å². The number of nitrogens with one attached hydrogen (secondary N) is 3. The molecule has 1 aliphatic rings. The second-order valence-electron chi connectivity index (χ2n) is 6.65. The molecule has 0 unspecified atom stereocenters. The molecule has 30 heavy (non-hydrogen) atoms. The molecule has 0 aliphatic carbocycles. The molecule has 1 aliphatic heterocycles. The Bertz CT molecular complexity index is 1030. The van der Waals surface area contributed by atoms with Crippen molar-refractivity contribution in [2.75, 3.05) is 5.32 Å². The highest BCUT2D eigenvalue weighted by Gasteiger charge is 2.15. The number of hydrogen-bond donors (Lipinski definition) is 3. The Morgan fingerprint density at radius 2 is 2.00 bits per heavy atom. The van der Waals surface area contributed by atoms with Crippen LogP contribution in [-0.4, -0.2) is 16.8 Å². The normalized spacial score (nSPS) is 11.8. The highest BCUT2D eigenvalue weighted by Crippen LogP contribution is 2.19. The van der Waals surface area contributed by atoms with Gasteiger partial charge in [0.25, 0.3) is 5.91 Å². The second-order valence-corrected chi connectivity index (χ2v) is 7.51. The largest absolute Gasteiger partial charge is 0.469 e. The molecule has 0 saturated carbocycles. The number of hydrogen-bond acceptors (Lipinski definition) is 6. The fourth-order valence-corrected chi connectivity index (χ4v) is 3.82. The number of benzene rings is 1. The monoisotopic (exact) mass is 468 g/mol. The number of fused-ring (bicyclic) bond motifs is 1. The highest BCUT2D eigenvalue weighted by molar-refractivity contribution is 7.14. The van der Waals surface area contributed by atoms with E-state index in [1.54, 1.807) is 18.4 Å². The van der Waals surface area contributed by atoms with Crippen LogP contribution < -0.4 is 16.0 Å². The fraction of sp³-hybridized carbons (Fsp3) is 0.250. The number of anilines is 1. The zero-order valence-corrected chi connectivity index (χ0v) is 18.6. The molecule has 0 bridgehead atoms. The van der Waals surface area contributed by atoms with Crippen molar-refractivity contribution in [2.24, 2.45) is 0 Å². The lowest BCUT2D eigenvalue weighted by atomic mass is 10.1. The molecule has 0 spiro atoms. The Morgan fingerprint density at radius 3 is 2.77 bits per heavy atom. The van der Waals surface area contributed by atoms with Gasteiger partial charge in [0.1, 0.15) is 5.76 Å². The minimum Gasteiger partial charge on any atom is -0.469 e. The summed E-state index contributed by atoms with van der Waals surface area (Å²) < 4.78 is 5.13. The summed E-state index contributed by atoms with van der Waals surface area (Å²) in [5.41, 5.74) is 4.79. The van der Waals surface area contributed by atoms with E-state index in [1.165, 1.54) is 28.7 Å². The van der Waals surface area contributed by atoms with E-state index in [1.807, 2.05) is 6.07 Å². The van der Waals surface area contributed by atoms with Gasteiger partial charge < -0.3 is 15.1 Å². The number of furan rings is 1. The van der Waals surface area contributed by atoms with Crippen molar-refractivity contribution in [1.82, 2.24) is 15.6 Å². The molecular formula is C20H22Cl2N4O3S. The van der Waals surface area contributed by atoms with Gasteiger partial charge in [-0.25, -0.2) is 4.98 Å². The third-order valence-corrected chi connectivity index (χ3v) is 5.42. The van der Waals surface area contributed by atoms with Gasteiger partial charge >= 0.3 is 0 Å². The lowest BCUT2D eigenvalue weighted by molar-refractivity contribution is -0.120. The van der Waals surface area contributed by atoms with Crippen LogP contribution in [0.25, 0.3) is 0 Å². The predicted octanol–water partition coefficient (Wildman–Crippen LogP) is 3.60. The average Bonchev–Trinajstić information content (AvgIpc) is 3.40. The smallest absolute Gasteiger partial charge is 0.260 e. The van der Waals surface area contributed by atoms with Gasteiger partial charge in [0.15, 0.2) is 5.13 Å². The molecule has 3 aromatic rings. The highest BCUT2D eigenvalue weighted by atomic mass is 35.5. The van der Waals surface area contributed by atoms with E-state index in [9.17, 15) is 9.59 Å². The molecule has 2 amide bonds. The SMILES string of the molecule is Cc1occc1C(=O)Nc1nc(CC(=O)NCc2ccc3c(c2)CNC3)cs1.Cl.Cl. The third-order valence-electron chi connectivity index (χ3n) is 4.61. The first-order valence-electron chi connectivity index (χ1n) is 8.96. The number of nitrogens with zero attached hydrogens (tertiary/aromatic N) is 1. The van der Waals surface area contributed by atoms with Crippen LogP contribution in [0.2, 0.25) is 0 Å². The van der Waals surface area contributed by atoms with Crippen LogP contribution in [0.1, 0.15) is 38.5 Å². The number of carbonyl (C=O) groups excluding carboxylic acids is 2. The first-order chi connectivity index (χ1) is 13.6. The maximum atomic E-state index is 12.2. The maximum absolute atomic E-state index is 12.2. The number of aryl methyl sites for hydroxylation is 1. The molecule has 0 saturated heterocycles. The summed E-state index contributed by atoms with van der Waals surface area (Å²) in [5, 5.41) is 11.2. The topological polar surface area (TPSA) is 96.3 Å². The Kier molecular flexibility index (Phi) is 8.43. The van der Waals surface area contributed by atoms with Crippen LogP contribution in [-0.2, 0) is 30.8 Å². The van der Waals surface area contributed by atoms with Crippen molar-refractivity contribution in [3.63, 3.8) is 0 Å². The first-order valence-corrected chi connectivity index (χ1v) is 9.84. The van der Waals surface area contributed by atoms with Crippen molar-refractivity contribution in [3.8, 4) is 0 Å². The Hall–Kier alpha value is -2.39. The lowest BCUT2D eigenvalue weighted by Gasteiger charge is -2.06. The predicted molar refractivity (Wildman–Crippen MR) is 121 cm³/mol. The molecule has 0 fully saturated rings. The zero-order valence-electron chi connectivity index (χ0n) is 16.2. The van der Waals surface area contributed by atoms with Gasteiger partial charge in [-0.05, 0) is 29.7 Å². The van der Waals surface area contributed by atoms with E-state index in [4.69, 9.17) is 4.42 Å². The van der Waals surface area contributed by atoms with Gasteiger partial charge in [0.05, 0.1) is 23.9 Å². The average molecular weight is 469 g/mol. The summed E-state index contributed by atoms with van der Waals surface area (Å²) in [7, 11) is 0. The summed E-state index contributed by atoms with van der Waals surface area (Å²) in [6.45, 7) is 4.00. The fourth-order valence-electron chi connectivity index (χ4n) is 3.12. The third kappa shape index (κ3) is 5.60. The van der Waals surface area contributed by atoms with Gasteiger partial charge in [-0.2, -0.15) is 0 Å². The minimum atomic E-state index is -0.275. The van der Waals surface area contributed by atoms with Gasteiger partial charge in [0, 0.05) is 25.0 Å². The molecule has 4 rings (SSSR count). The maximum Gasteiger partial charge on any atom is 0.260 e. The molecular weight excluding hydrogens is 447 g/mol. The number of thiazole rings is 1. The van der Waals surface area contributed by atoms with Gasteiger partial charge in [-0.1, -0.05) is 18.2 Å². The van der Waals surface area contributed by atoms with Crippen molar-refractivity contribution < 1.29 is 14.0 Å². The standard InChI is InChI=1S/C20H20N4O3S.2ClH/c1-12-17(4-5-27-12)19(26)24-20-23-16(11-28-20)7-18(25)22-8-13-2-3-14-9-21-10-15(14)6-13;;/h2-6,11,21H,7-10H2,1H3,(H,22,25)(H,23,24,26);2*1H. The van der Waals surface area contributed by atoms with Crippen molar-refractivity contribution in [1.29, 1.82) is 0 Å². The van der Waals surface area contributed by atoms with Gasteiger partial charge in [-0.15, -0.1) is 36.2 Å². The zero-order chi connectivity index (χ0) is 19.5. The summed E-state index contributed by atoms with van der Waals surface area (Å²) in [6.07, 6.45) is 1.64. The number of aromatic nitrogens is 1. The number of amides is 2. The summed E-state index contributed by atoms with van der Waals surface area (Å²) in [4.78, 5) is 28.7. The molecule has 2 aromatic heterocycles. The van der Waals surface area contributed by atoms with E-state index in [0.717, 1.165) is 18.7 Å². The summed E-state index contributed by atoms with van der Waals surface area (Å²) in [5.74, 6) is 0.172. The quantitative estimate of drug-likeness (QED) is 0.513. The number of rotatable bonds is 6. The van der Waals surface area contributed by atoms with Crippen molar-refractivity contribution in [2.45, 2.75) is 33.0 Å². The molecule has 10 heteroatoms. The second kappa shape index (κ2) is 10.6. The summed E-state index contributed by atoms with van der Waals surface area (Å²) >= 11 is 1.29. The minimum absolute atomic E-state index is 0. The molecule has 0 atom stereocenters. The van der Waals surface area contributed by atoms with Crippen LogP contribution in [0, 0.1) is 6.92 Å². The van der Waals surface area contributed by atoms with E-state index < -0.39 is 0 Å².